The molecule has 2 fully saturated rings. The predicted octanol–water partition coefficient (Wildman–Crippen LogP) is 4.68. The minimum absolute atomic E-state index is 0.0390. The lowest BCUT2D eigenvalue weighted by molar-refractivity contribution is -0.117. The van der Waals surface area contributed by atoms with Gasteiger partial charge in [-0.2, -0.15) is 0 Å². The zero-order valence-electron chi connectivity index (χ0n) is 18.2. The minimum Gasteiger partial charge on any atom is -0.492 e. The molecule has 32 heavy (non-hydrogen) atoms. The van der Waals surface area contributed by atoms with E-state index < -0.39 is 5.82 Å². The molecule has 2 aliphatic rings. The van der Waals surface area contributed by atoms with Crippen molar-refractivity contribution < 1.29 is 18.7 Å². The molecular weight excluding hydrogens is 413 g/mol. The van der Waals surface area contributed by atoms with Gasteiger partial charge in [0.1, 0.15) is 23.4 Å². The van der Waals surface area contributed by atoms with Crippen LogP contribution in [0.5, 0.6) is 5.75 Å². The first-order valence-electron chi connectivity index (χ1n) is 11.0. The highest BCUT2D eigenvalue weighted by Crippen LogP contribution is 2.37. The first-order valence-corrected chi connectivity index (χ1v) is 11.0. The molecule has 8 nitrogen and oxygen atoms in total. The van der Waals surface area contributed by atoms with Gasteiger partial charge in [-0.15, -0.1) is 0 Å². The van der Waals surface area contributed by atoms with Crippen molar-refractivity contribution in [2.24, 2.45) is 5.92 Å². The predicted molar refractivity (Wildman–Crippen MR) is 119 cm³/mol. The van der Waals surface area contributed by atoms with Crippen LogP contribution in [0.1, 0.15) is 44.2 Å². The number of pyridine rings is 1. The molecule has 1 aliphatic heterocycles. The Hall–Kier alpha value is -3.20. The van der Waals surface area contributed by atoms with Crippen LogP contribution in [-0.2, 0) is 9.53 Å². The van der Waals surface area contributed by atoms with Gasteiger partial charge in [0.2, 0.25) is 5.91 Å². The smallest absolute Gasteiger partial charge is 0.228 e. The lowest BCUT2D eigenvalue weighted by Crippen LogP contribution is -2.20. The molecule has 0 spiro atoms. The average Bonchev–Trinajstić information content (AvgIpc) is 3.58. The molecule has 9 heteroatoms. The first-order chi connectivity index (χ1) is 15.5. The summed E-state index contributed by atoms with van der Waals surface area (Å²) >= 11 is 0. The fourth-order valence-corrected chi connectivity index (χ4v) is 4.14. The molecule has 1 saturated heterocycles. The van der Waals surface area contributed by atoms with Gasteiger partial charge in [-0.05, 0) is 51.2 Å². The summed E-state index contributed by atoms with van der Waals surface area (Å²) in [6.07, 6.45) is 4.59. The summed E-state index contributed by atoms with van der Waals surface area (Å²) in [6, 6.07) is 6.40. The number of carbonyl (C=O) groups is 1. The number of nitrogens with zero attached hydrogens (tertiary/aromatic N) is 3. The topological polar surface area (TPSA) is 90.3 Å². The Morgan fingerprint density at radius 2 is 2.06 bits per heavy atom. The van der Waals surface area contributed by atoms with Crippen LogP contribution in [0.3, 0.4) is 0 Å². The number of aromatic nitrogens is 3. The normalized spacial score (nSPS) is 18.5. The Bertz CT molecular complexity index is 1170. The van der Waals surface area contributed by atoms with Gasteiger partial charge >= 0.3 is 0 Å². The van der Waals surface area contributed by atoms with Crippen LogP contribution < -0.4 is 15.4 Å². The van der Waals surface area contributed by atoms with E-state index in [2.05, 4.69) is 10.6 Å². The highest BCUT2D eigenvalue weighted by Gasteiger charge is 2.30. The maximum atomic E-state index is 14.3. The van der Waals surface area contributed by atoms with E-state index in [9.17, 15) is 9.18 Å². The second-order valence-corrected chi connectivity index (χ2v) is 8.29. The fraction of sp³-hybridized carbons (Fsp3) is 0.435. The summed E-state index contributed by atoms with van der Waals surface area (Å²) in [4.78, 5) is 21.9. The van der Waals surface area contributed by atoms with E-state index in [0.717, 1.165) is 37.9 Å². The zero-order chi connectivity index (χ0) is 22.2. The largest absolute Gasteiger partial charge is 0.492 e. The molecule has 5 rings (SSSR count). The Kier molecular flexibility index (Phi) is 5.42. The molecule has 1 atom stereocenters. The number of hydrogen-bond acceptors (Lipinski definition) is 6. The van der Waals surface area contributed by atoms with Gasteiger partial charge in [-0.1, -0.05) is 6.07 Å². The summed E-state index contributed by atoms with van der Waals surface area (Å²) in [7, 11) is 1.42. The molecule has 1 amide bonds. The van der Waals surface area contributed by atoms with Gasteiger partial charge in [0.05, 0.1) is 18.5 Å². The molecule has 0 bridgehead atoms. The molecule has 1 saturated carbocycles. The quantitative estimate of drug-likeness (QED) is 0.580. The fourth-order valence-electron chi connectivity index (χ4n) is 4.14. The number of imidazole rings is 1. The van der Waals surface area contributed by atoms with Crippen LogP contribution in [-0.4, -0.2) is 34.2 Å². The van der Waals surface area contributed by atoms with Crippen molar-refractivity contribution in [2.75, 3.05) is 24.4 Å². The van der Waals surface area contributed by atoms with Crippen molar-refractivity contribution in [3.05, 3.63) is 35.9 Å². The SMILES string of the molecule is COc1c(F)cccc1Nc1cc(NC(=O)C2CC2)nc2c1nc(C)n2C1CCCCO1. The number of benzene rings is 1. The highest BCUT2D eigenvalue weighted by atomic mass is 19.1. The number of aryl methyl sites for hydroxylation is 1. The van der Waals surface area contributed by atoms with Crippen LogP contribution in [0.4, 0.5) is 21.6 Å². The monoisotopic (exact) mass is 439 g/mol. The number of halogens is 1. The number of anilines is 3. The lowest BCUT2D eigenvalue weighted by atomic mass is 10.2. The number of rotatable bonds is 6. The molecule has 3 heterocycles. The van der Waals surface area contributed by atoms with E-state index in [1.807, 2.05) is 11.5 Å². The number of methoxy groups -OCH3 is 1. The molecule has 0 radical (unpaired) electrons. The maximum absolute atomic E-state index is 14.3. The maximum Gasteiger partial charge on any atom is 0.228 e. The highest BCUT2D eigenvalue weighted by molar-refractivity contribution is 5.97. The van der Waals surface area contributed by atoms with Crippen molar-refractivity contribution in [3.63, 3.8) is 0 Å². The van der Waals surface area contributed by atoms with Gasteiger partial charge in [0.25, 0.3) is 0 Å². The van der Waals surface area contributed by atoms with Gasteiger partial charge in [0, 0.05) is 18.6 Å². The molecule has 2 aromatic heterocycles. The first kappa shape index (κ1) is 20.7. The van der Waals surface area contributed by atoms with Crippen molar-refractivity contribution in [2.45, 2.75) is 45.3 Å². The number of para-hydroxylation sites is 1. The van der Waals surface area contributed by atoms with E-state index >= 15 is 0 Å². The summed E-state index contributed by atoms with van der Waals surface area (Å²) in [5.74, 6) is 0.821. The van der Waals surface area contributed by atoms with Crippen LogP contribution in [0.25, 0.3) is 11.2 Å². The van der Waals surface area contributed by atoms with Gasteiger partial charge in [-0.3, -0.25) is 9.36 Å². The summed E-state index contributed by atoms with van der Waals surface area (Å²) in [6.45, 7) is 2.60. The lowest BCUT2D eigenvalue weighted by Gasteiger charge is -2.25. The van der Waals surface area contributed by atoms with Gasteiger partial charge < -0.3 is 20.1 Å². The molecule has 168 valence electrons. The summed E-state index contributed by atoms with van der Waals surface area (Å²) in [5.41, 5.74) is 2.29. The Morgan fingerprint density at radius 3 is 2.78 bits per heavy atom. The third kappa shape index (κ3) is 3.88. The number of nitrogens with one attached hydrogen (secondary N) is 2. The van der Waals surface area contributed by atoms with E-state index in [0.29, 0.717) is 35.0 Å². The number of carbonyl (C=O) groups excluding carboxylic acids is 1. The Morgan fingerprint density at radius 1 is 1.22 bits per heavy atom. The molecule has 1 aliphatic carbocycles. The number of amides is 1. The Balaban J connectivity index is 1.61. The summed E-state index contributed by atoms with van der Waals surface area (Å²) < 4.78 is 27.5. The molecule has 1 unspecified atom stereocenters. The Labute approximate surface area is 185 Å². The van der Waals surface area contributed by atoms with E-state index in [-0.39, 0.29) is 23.8 Å². The summed E-state index contributed by atoms with van der Waals surface area (Å²) in [5, 5.41) is 6.16. The molecule has 3 aromatic rings. The second-order valence-electron chi connectivity index (χ2n) is 8.29. The van der Waals surface area contributed by atoms with E-state index in [1.165, 1.54) is 13.2 Å². The van der Waals surface area contributed by atoms with Crippen molar-refractivity contribution in [1.29, 1.82) is 0 Å². The van der Waals surface area contributed by atoms with E-state index in [1.54, 1.807) is 18.2 Å². The number of ether oxygens (including phenoxy) is 2. The van der Waals surface area contributed by atoms with Gasteiger partial charge in [0.15, 0.2) is 17.2 Å². The third-order valence-electron chi connectivity index (χ3n) is 5.91. The van der Waals surface area contributed by atoms with Crippen molar-refractivity contribution >= 4 is 34.3 Å². The van der Waals surface area contributed by atoms with Crippen LogP contribution >= 0.6 is 0 Å². The zero-order valence-corrected chi connectivity index (χ0v) is 18.2. The van der Waals surface area contributed by atoms with Crippen LogP contribution in [0.2, 0.25) is 0 Å². The minimum atomic E-state index is -0.470. The third-order valence-corrected chi connectivity index (χ3v) is 5.91. The van der Waals surface area contributed by atoms with E-state index in [4.69, 9.17) is 19.4 Å². The standard InChI is InChI=1S/C23H26FN5O3/c1-13-25-20-17(26-16-7-5-6-15(24)21(16)31-2)12-18(28-23(30)14-9-10-14)27-22(20)29(13)19-8-3-4-11-32-19/h5-7,12,14,19H,3-4,8-11H2,1-2H3,(H2,26,27,28,30). The average molecular weight is 439 g/mol. The molecule has 1 aromatic carbocycles. The van der Waals surface area contributed by atoms with Crippen LogP contribution in [0, 0.1) is 18.7 Å². The number of hydrogen-bond donors (Lipinski definition) is 2. The molecule has 2 N–H and O–H groups in total. The van der Waals surface area contributed by atoms with Crippen molar-refractivity contribution in [1.82, 2.24) is 14.5 Å². The molecular formula is C23H26FN5O3. The number of fused-ring (bicyclic) bond motifs is 1. The second kappa shape index (κ2) is 8.38. The van der Waals surface area contributed by atoms with Crippen LogP contribution in [0.15, 0.2) is 24.3 Å². The van der Waals surface area contributed by atoms with Crippen molar-refractivity contribution in [3.8, 4) is 5.75 Å². The van der Waals surface area contributed by atoms with Gasteiger partial charge in [-0.25, -0.2) is 14.4 Å².